The number of hydrogen-bond acceptors (Lipinski definition) is 2. The molecule has 0 bridgehead atoms. The molecular formula is C13H21NO. The number of nitrogens with two attached hydrogens (primary N) is 1. The third-order valence-corrected chi connectivity index (χ3v) is 2.18. The van der Waals surface area contributed by atoms with Crippen LogP contribution in [-0.4, -0.2) is 6.61 Å². The van der Waals surface area contributed by atoms with Crippen molar-refractivity contribution in [1.29, 1.82) is 0 Å². The topological polar surface area (TPSA) is 35.2 Å². The first-order valence-corrected chi connectivity index (χ1v) is 5.42. The van der Waals surface area contributed by atoms with Gasteiger partial charge in [-0.1, -0.05) is 26.0 Å². The summed E-state index contributed by atoms with van der Waals surface area (Å²) >= 11 is 0. The first-order chi connectivity index (χ1) is 6.89. The van der Waals surface area contributed by atoms with E-state index in [2.05, 4.69) is 13.8 Å². The zero-order valence-electron chi connectivity index (χ0n) is 10.1. The molecule has 0 amide bonds. The van der Waals surface area contributed by atoms with Gasteiger partial charge in [-0.2, -0.15) is 0 Å². The Kier molecular flexibility index (Phi) is 3.75. The molecule has 0 radical (unpaired) electrons. The summed E-state index contributed by atoms with van der Waals surface area (Å²) < 4.78 is 5.59. The maximum Gasteiger partial charge on any atom is 0.119 e. The minimum absolute atomic E-state index is 0.281. The van der Waals surface area contributed by atoms with Gasteiger partial charge in [0.05, 0.1) is 6.61 Å². The van der Waals surface area contributed by atoms with Crippen molar-refractivity contribution >= 4 is 0 Å². The Morgan fingerprint density at radius 1 is 1.20 bits per heavy atom. The molecule has 0 fully saturated rings. The third kappa shape index (κ3) is 3.92. The predicted molar refractivity (Wildman–Crippen MR) is 64.0 cm³/mol. The SMILES string of the molecule is CC(C)COc1ccc(C(C)(C)N)cc1. The normalized spacial score (nSPS) is 11.9. The Labute approximate surface area is 92.4 Å². The number of hydrogen-bond donors (Lipinski definition) is 1. The van der Waals surface area contributed by atoms with Crippen LogP contribution in [0.4, 0.5) is 0 Å². The van der Waals surface area contributed by atoms with Crippen molar-refractivity contribution in [2.75, 3.05) is 6.61 Å². The van der Waals surface area contributed by atoms with Gasteiger partial charge >= 0.3 is 0 Å². The van der Waals surface area contributed by atoms with Gasteiger partial charge in [-0.15, -0.1) is 0 Å². The van der Waals surface area contributed by atoms with Gasteiger partial charge in [0, 0.05) is 5.54 Å². The van der Waals surface area contributed by atoms with E-state index in [0.29, 0.717) is 5.92 Å². The summed E-state index contributed by atoms with van der Waals surface area (Å²) in [6.45, 7) is 9.02. The molecule has 2 N–H and O–H groups in total. The molecule has 1 aromatic carbocycles. The van der Waals surface area contributed by atoms with Gasteiger partial charge in [-0.25, -0.2) is 0 Å². The summed E-state index contributed by atoms with van der Waals surface area (Å²) in [6, 6.07) is 8.00. The first-order valence-electron chi connectivity index (χ1n) is 5.42. The summed E-state index contributed by atoms with van der Waals surface area (Å²) in [4.78, 5) is 0. The van der Waals surface area contributed by atoms with E-state index < -0.39 is 0 Å². The molecule has 2 nitrogen and oxygen atoms in total. The fourth-order valence-electron chi connectivity index (χ4n) is 1.24. The van der Waals surface area contributed by atoms with Crippen molar-refractivity contribution in [3.05, 3.63) is 29.8 Å². The van der Waals surface area contributed by atoms with Crippen molar-refractivity contribution in [2.45, 2.75) is 33.2 Å². The standard InChI is InChI=1S/C13H21NO/c1-10(2)9-15-12-7-5-11(6-8-12)13(3,4)14/h5-8,10H,9,14H2,1-4H3. The van der Waals surface area contributed by atoms with Crippen molar-refractivity contribution in [3.8, 4) is 5.75 Å². The molecule has 0 aliphatic heterocycles. The van der Waals surface area contributed by atoms with E-state index >= 15 is 0 Å². The van der Waals surface area contributed by atoms with Gasteiger partial charge in [-0.3, -0.25) is 0 Å². The summed E-state index contributed by atoms with van der Waals surface area (Å²) in [5.74, 6) is 1.47. The number of ether oxygens (including phenoxy) is 1. The van der Waals surface area contributed by atoms with Gasteiger partial charge < -0.3 is 10.5 Å². The highest BCUT2D eigenvalue weighted by Gasteiger charge is 2.13. The van der Waals surface area contributed by atoms with Crippen LogP contribution in [0.25, 0.3) is 0 Å². The van der Waals surface area contributed by atoms with E-state index in [1.807, 2.05) is 38.1 Å². The summed E-state index contributed by atoms with van der Waals surface area (Å²) in [5.41, 5.74) is 6.83. The summed E-state index contributed by atoms with van der Waals surface area (Å²) in [5, 5.41) is 0. The lowest BCUT2D eigenvalue weighted by atomic mass is 9.96. The quantitative estimate of drug-likeness (QED) is 0.824. The fraction of sp³-hybridized carbons (Fsp3) is 0.538. The molecular weight excluding hydrogens is 186 g/mol. The zero-order valence-corrected chi connectivity index (χ0v) is 10.1. The second-order valence-corrected chi connectivity index (χ2v) is 4.95. The maximum absolute atomic E-state index is 5.99. The molecule has 0 heterocycles. The van der Waals surface area contributed by atoms with Gasteiger partial charge in [0.15, 0.2) is 0 Å². The van der Waals surface area contributed by atoms with Gasteiger partial charge in [0.2, 0.25) is 0 Å². The van der Waals surface area contributed by atoms with Gasteiger partial charge in [-0.05, 0) is 37.5 Å². The van der Waals surface area contributed by atoms with E-state index in [-0.39, 0.29) is 5.54 Å². The smallest absolute Gasteiger partial charge is 0.119 e. The molecule has 1 rings (SSSR count). The predicted octanol–water partition coefficient (Wildman–Crippen LogP) is 2.92. The summed E-state index contributed by atoms with van der Waals surface area (Å²) in [6.07, 6.45) is 0. The Hall–Kier alpha value is -1.02. The van der Waals surface area contributed by atoms with Crippen LogP contribution in [0.5, 0.6) is 5.75 Å². The molecule has 0 aromatic heterocycles. The minimum Gasteiger partial charge on any atom is -0.493 e. The molecule has 0 saturated carbocycles. The van der Waals surface area contributed by atoms with E-state index in [1.165, 1.54) is 0 Å². The third-order valence-electron chi connectivity index (χ3n) is 2.18. The molecule has 0 aliphatic carbocycles. The highest BCUT2D eigenvalue weighted by atomic mass is 16.5. The second kappa shape index (κ2) is 4.67. The second-order valence-electron chi connectivity index (χ2n) is 4.95. The maximum atomic E-state index is 5.99. The van der Waals surface area contributed by atoms with Crippen molar-refractivity contribution in [1.82, 2.24) is 0 Å². The van der Waals surface area contributed by atoms with Crippen LogP contribution in [0, 0.1) is 5.92 Å². The molecule has 0 unspecified atom stereocenters. The Morgan fingerprint density at radius 2 is 1.73 bits per heavy atom. The van der Waals surface area contributed by atoms with Gasteiger partial charge in [0.25, 0.3) is 0 Å². The largest absolute Gasteiger partial charge is 0.493 e. The fourth-order valence-corrected chi connectivity index (χ4v) is 1.24. The number of rotatable bonds is 4. The zero-order chi connectivity index (χ0) is 11.5. The Morgan fingerprint density at radius 3 is 2.13 bits per heavy atom. The first kappa shape index (κ1) is 12.1. The molecule has 0 saturated heterocycles. The van der Waals surface area contributed by atoms with Crippen molar-refractivity contribution in [2.24, 2.45) is 11.7 Å². The Balaban J connectivity index is 2.65. The highest BCUT2D eigenvalue weighted by molar-refractivity contribution is 5.30. The van der Waals surface area contributed by atoms with Crippen molar-refractivity contribution < 1.29 is 4.74 Å². The average Bonchev–Trinajstić information content (AvgIpc) is 2.14. The molecule has 0 atom stereocenters. The lowest BCUT2D eigenvalue weighted by Gasteiger charge is -2.19. The van der Waals surface area contributed by atoms with Crippen LogP contribution in [0.15, 0.2) is 24.3 Å². The monoisotopic (exact) mass is 207 g/mol. The molecule has 0 spiro atoms. The van der Waals surface area contributed by atoms with E-state index in [4.69, 9.17) is 10.5 Å². The van der Waals surface area contributed by atoms with Crippen molar-refractivity contribution in [3.63, 3.8) is 0 Å². The minimum atomic E-state index is -0.281. The van der Waals surface area contributed by atoms with E-state index in [9.17, 15) is 0 Å². The molecule has 84 valence electrons. The van der Waals surface area contributed by atoms with E-state index in [1.54, 1.807) is 0 Å². The van der Waals surface area contributed by atoms with Crippen LogP contribution in [0.2, 0.25) is 0 Å². The lowest BCUT2D eigenvalue weighted by Crippen LogP contribution is -2.28. The lowest BCUT2D eigenvalue weighted by molar-refractivity contribution is 0.271. The molecule has 15 heavy (non-hydrogen) atoms. The van der Waals surface area contributed by atoms with Crippen LogP contribution < -0.4 is 10.5 Å². The van der Waals surface area contributed by atoms with Crippen LogP contribution in [0.1, 0.15) is 33.3 Å². The van der Waals surface area contributed by atoms with Gasteiger partial charge in [0.1, 0.15) is 5.75 Å². The molecule has 1 aromatic rings. The van der Waals surface area contributed by atoms with E-state index in [0.717, 1.165) is 17.9 Å². The van der Waals surface area contributed by atoms with Crippen LogP contribution in [0.3, 0.4) is 0 Å². The number of benzene rings is 1. The highest BCUT2D eigenvalue weighted by Crippen LogP contribution is 2.20. The molecule has 0 aliphatic rings. The van der Waals surface area contributed by atoms with Crippen LogP contribution in [-0.2, 0) is 5.54 Å². The average molecular weight is 207 g/mol. The molecule has 2 heteroatoms. The van der Waals surface area contributed by atoms with Crippen LogP contribution >= 0.6 is 0 Å². The Bertz CT molecular complexity index is 295. The summed E-state index contributed by atoms with van der Waals surface area (Å²) in [7, 11) is 0.